The summed E-state index contributed by atoms with van der Waals surface area (Å²) >= 11 is 0. The SMILES string of the molecule is COC(=O)N[C@H](C(=O)N1CCC[C@H]1c1nc(-c2ccc(C#Cc3ccc4[nH]c([C@@H]5CCCN5C(=O)[C@@H](C)C(C)C)nc4n3)cc2)c[nH]1)C(C)C. The van der Waals surface area contributed by atoms with Gasteiger partial charge in [-0.05, 0) is 67.7 Å². The van der Waals surface area contributed by atoms with E-state index >= 15 is 0 Å². The molecule has 12 heteroatoms. The molecule has 2 saturated heterocycles. The number of aromatic amines is 2. The highest BCUT2D eigenvalue weighted by molar-refractivity contribution is 5.86. The first kappa shape index (κ1) is 34.7. The van der Waals surface area contributed by atoms with Crippen LogP contribution in [0.4, 0.5) is 4.79 Å². The first-order valence-electron chi connectivity index (χ1n) is 17.5. The fourth-order valence-electron chi connectivity index (χ4n) is 6.71. The van der Waals surface area contributed by atoms with Crippen molar-refractivity contribution >= 4 is 29.1 Å². The van der Waals surface area contributed by atoms with Gasteiger partial charge in [0.15, 0.2) is 5.65 Å². The van der Waals surface area contributed by atoms with Gasteiger partial charge in [-0.3, -0.25) is 9.59 Å². The van der Waals surface area contributed by atoms with E-state index in [-0.39, 0.29) is 41.7 Å². The number of carbonyl (C=O) groups excluding carboxylic acids is 3. The van der Waals surface area contributed by atoms with Gasteiger partial charge in [-0.1, -0.05) is 52.7 Å². The Morgan fingerprint density at radius 2 is 1.52 bits per heavy atom. The summed E-state index contributed by atoms with van der Waals surface area (Å²) in [5.74, 6) is 8.05. The topological polar surface area (TPSA) is 149 Å². The van der Waals surface area contributed by atoms with Gasteiger partial charge in [-0.25, -0.2) is 19.7 Å². The zero-order chi connectivity index (χ0) is 35.5. The van der Waals surface area contributed by atoms with Crippen LogP contribution in [0.3, 0.4) is 0 Å². The molecular weight excluding hydrogens is 632 g/mol. The maximum atomic E-state index is 13.5. The molecular formula is C38H46N8O4. The number of aromatic nitrogens is 5. The van der Waals surface area contributed by atoms with E-state index in [1.165, 1.54) is 7.11 Å². The molecule has 3 N–H and O–H groups in total. The van der Waals surface area contributed by atoms with Crippen molar-refractivity contribution in [2.45, 2.75) is 78.4 Å². The van der Waals surface area contributed by atoms with Gasteiger partial charge in [0.05, 0.1) is 30.4 Å². The van der Waals surface area contributed by atoms with E-state index in [1.807, 2.05) is 68.3 Å². The molecule has 0 bridgehead atoms. The van der Waals surface area contributed by atoms with Crippen LogP contribution in [0.25, 0.3) is 22.4 Å². The molecule has 0 radical (unpaired) electrons. The highest BCUT2D eigenvalue weighted by atomic mass is 16.5. The summed E-state index contributed by atoms with van der Waals surface area (Å²) in [6.45, 7) is 11.3. The molecule has 5 heterocycles. The van der Waals surface area contributed by atoms with Crippen molar-refractivity contribution in [3.63, 3.8) is 0 Å². The van der Waals surface area contributed by atoms with E-state index in [1.54, 1.807) is 4.90 Å². The lowest BCUT2D eigenvalue weighted by molar-refractivity contribution is -0.137. The number of fused-ring (bicyclic) bond motifs is 1. The number of imidazole rings is 2. The van der Waals surface area contributed by atoms with Gasteiger partial charge in [0.1, 0.15) is 23.4 Å². The molecule has 1 aromatic carbocycles. The zero-order valence-electron chi connectivity index (χ0n) is 29.6. The second-order valence-corrected chi connectivity index (χ2v) is 14.0. The Kier molecular flexibility index (Phi) is 10.2. The lowest BCUT2D eigenvalue weighted by Crippen LogP contribution is -2.51. The predicted molar refractivity (Wildman–Crippen MR) is 189 cm³/mol. The normalized spacial score (nSPS) is 18.7. The summed E-state index contributed by atoms with van der Waals surface area (Å²) in [5.41, 5.74) is 4.56. The van der Waals surface area contributed by atoms with Crippen LogP contribution in [0.1, 0.15) is 95.3 Å². The number of benzene rings is 1. The third-order valence-electron chi connectivity index (χ3n) is 9.96. The smallest absolute Gasteiger partial charge is 0.407 e. The average Bonchev–Trinajstić information content (AvgIpc) is 3.94. The number of amides is 3. The van der Waals surface area contributed by atoms with Gasteiger partial charge >= 0.3 is 6.09 Å². The van der Waals surface area contributed by atoms with Crippen LogP contribution in [0.2, 0.25) is 0 Å². The average molecular weight is 679 g/mol. The van der Waals surface area contributed by atoms with Crippen molar-refractivity contribution in [3.8, 4) is 23.1 Å². The minimum Gasteiger partial charge on any atom is -0.453 e. The highest BCUT2D eigenvalue weighted by Gasteiger charge is 2.38. The molecule has 12 nitrogen and oxygen atoms in total. The number of pyridine rings is 1. The lowest BCUT2D eigenvalue weighted by Gasteiger charge is -2.29. The molecule has 4 aromatic rings. The van der Waals surface area contributed by atoms with Gasteiger partial charge in [-0.15, -0.1) is 0 Å². The molecule has 50 heavy (non-hydrogen) atoms. The van der Waals surface area contributed by atoms with Crippen molar-refractivity contribution in [2.75, 3.05) is 20.2 Å². The molecule has 262 valence electrons. The molecule has 2 aliphatic rings. The molecule has 3 amide bonds. The monoisotopic (exact) mass is 678 g/mol. The van der Waals surface area contributed by atoms with Crippen molar-refractivity contribution in [3.05, 3.63) is 65.5 Å². The van der Waals surface area contributed by atoms with E-state index in [4.69, 9.17) is 14.7 Å². The van der Waals surface area contributed by atoms with Crippen LogP contribution in [-0.4, -0.2) is 78.9 Å². The first-order chi connectivity index (χ1) is 24.0. The Balaban J connectivity index is 1.12. The second-order valence-electron chi connectivity index (χ2n) is 14.0. The Hall–Kier alpha value is -5.18. The predicted octanol–water partition coefficient (Wildman–Crippen LogP) is 5.75. The van der Waals surface area contributed by atoms with Crippen LogP contribution >= 0.6 is 0 Å². The van der Waals surface area contributed by atoms with Gasteiger partial charge < -0.3 is 29.8 Å². The lowest BCUT2D eigenvalue weighted by atomic mass is 9.96. The third-order valence-corrected chi connectivity index (χ3v) is 9.96. The Labute approximate surface area is 292 Å². The number of carbonyl (C=O) groups is 3. The fourth-order valence-corrected chi connectivity index (χ4v) is 6.71. The van der Waals surface area contributed by atoms with Crippen molar-refractivity contribution in [1.29, 1.82) is 0 Å². The molecule has 4 atom stereocenters. The van der Waals surface area contributed by atoms with Crippen LogP contribution in [0, 0.1) is 29.6 Å². The largest absolute Gasteiger partial charge is 0.453 e. The molecule has 0 aliphatic carbocycles. The number of hydrogen-bond donors (Lipinski definition) is 3. The number of H-pyrrole nitrogens is 2. The summed E-state index contributed by atoms with van der Waals surface area (Å²) in [4.78, 5) is 63.3. The number of alkyl carbamates (subject to hydrolysis) is 1. The number of likely N-dealkylation sites (tertiary alicyclic amines) is 2. The summed E-state index contributed by atoms with van der Waals surface area (Å²) in [5, 5.41) is 2.69. The summed E-state index contributed by atoms with van der Waals surface area (Å²) < 4.78 is 4.74. The highest BCUT2D eigenvalue weighted by Crippen LogP contribution is 2.34. The van der Waals surface area contributed by atoms with Crippen LogP contribution < -0.4 is 5.32 Å². The minimum atomic E-state index is -0.682. The molecule has 6 rings (SSSR count). The second kappa shape index (κ2) is 14.7. The van der Waals surface area contributed by atoms with Crippen LogP contribution in [-0.2, 0) is 14.3 Å². The Bertz CT molecular complexity index is 1920. The molecule has 0 unspecified atom stereocenters. The first-order valence-corrected chi connectivity index (χ1v) is 17.5. The van der Waals surface area contributed by atoms with Gasteiger partial charge in [0.2, 0.25) is 11.8 Å². The molecule has 0 saturated carbocycles. The third kappa shape index (κ3) is 7.22. The van der Waals surface area contributed by atoms with Crippen molar-refractivity contribution in [2.24, 2.45) is 17.8 Å². The standard InChI is InChI=1S/C38H46N8O4/c1-22(2)24(5)36(47)45-19-8-10-31(45)35-41-28-18-17-27(40-33(28)44-35)16-13-25-11-14-26(15-12-25)29-21-39-34(42-29)30-9-7-20-46(30)37(48)32(23(3)4)43-38(49)50-6/h11-12,14-15,17-18,21-24,30-32H,7-10,19-20H2,1-6H3,(H,39,42)(H,43,49)(H,40,41,44)/t24-,30-,31-,32-/m0/s1. The van der Waals surface area contributed by atoms with E-state index in [0.717, 1.165) is 66.2 Å². The summed E-state index contributed by atoms with van der Waals surface area (Å²) in [6.07, 6.45) is 4.70. The quantitative estimate of drug-likeness (QED) is 0.201. The number of ether oxygens (including phenoxy) is 1. The number of nitrogens with zero attached hydrogens (tertiary/aromatic N) is 5. The Morgan fingerprint density at radius 3 is 2.18 bits per heavy atom. The number of methoxy groups -OCH3 is 1. The molecule has 2 fully saturated rings. The molecule has 0 spiro atoms. The summed E-state index contributed by atoms with van der Waals surface area (Å²) in [7, 11) is 1.29. The van der Waals surface area contributed by atoms with E-state index < -0.39 is 12.1 Å². The number of hydrogen-bond acceptors (Lipinski definition) is 7. The van der Waals surface area contributed by atoms with Crippen molar-refractivity contribution < 1.29 is 19.1 Å². The fraction of sp³-hybridized carbons (Fsp3) is 0.474. The number of nitrogens with one attached hydrogen (secondary N) is 3. The van der Waals surface area contributed by atoms with Crippen LogP contribution in [0.15, 0.2) is 42.6 Å². The van der Waals surface area contributed by atoms with Crippen LogP contribution in [0.5, 0.6) is 0 Å². The van der Waals surface area contributed by atoms with Gasteiger partial charge in [0.25, 0.3) is 0 Å². The molecule has 2 aliphatic heterocycles. The maximum absolute atomic E-state index is 13.5. The molecule has 3 aromatic heterocycles. The minimum absolute atomic E-state index is 0.0344. The van der Waals surface area contributed by atoms with E-state index in [9.17, 15) is 14.4 Å². The van der Waals surface area contributed by atoms with Gasteiger partial charge in [0, 0.05) is 36.3 Å². The summed E-state index contributed by atoms with van der Waals surface area (Å²) in [6, 6.07) is 10.7. The Morgan fingerprint density at radius 1 is 0.840 bits per heavy atom. The maximum Gasteiger partial charge on any atom is 0.407 e. The van der Waals surface area contributed by atoms with Gasteiger partial charge in [-0.2, -0.15) is 0 Å². The van der Waals surface area contributed by atoms with E-state index in [2.05, 4.69) is 46.0 Å². The zero-order valence-corrected chi connectivity index (χ0v) is 29.6. The van der Waals surface area contributed by atoms with E-state index in [0.29, 0.717) is 17.9 Å². The van der Waals surface area contributed by atoms with Crippen molar-refractivity contribution in [1.82, 2.24) is 40.0 Å². The number of rotatable bonds is 8.